The molecule has 0 saturated carbocycles. The summed E-state index contributed by atoms with van der Waals surface area (Å²) in [7, 11) is 0. The molecule has 2 aliphatic rings. The lowest BCUT2D eigenvalue weighted by Crippen LogP contribution is -2.28. The molecule has 2 aliphatic heterocycles. The summed E-state index contributed by atoms with van der Waals surface area (Å²) < 4.78 is 41.6. The number of nitrogens with one attached hydrogen (secondary N) is 4. The topological polar surface area (TPSA) is 91.0 Å². The molecule has 5 rings (SSSR count). The van der Waals surface area contributed by atoms with E-state index in [2.05, 4.69) is 44.2 Å². The molecule has 1 amide bonds. The van der Waals surface area contributed by atoms with Gasteiger partial charge < -0.3 is 21.3 Å². The van der Waals surface area contributed by atoms with Crippen molar-refractivity contribution >= 4 is 29.0 Å². The first-order valence-corrected chi connectivity index (χ1v) is 13.2. The number of alkyl halides is 3. The molecule has 10 heteroatoms. The molecule has 0 spiro atoms. The van der Waals surface area contributed by atoms with Crippen molar-refractivity contribution in [2.24, 2.45) is 0 Å². The number of aromatic nitrogens is 2. The summed E-state index contributed by atoms with van der Waals surface area (Å²) in [5.41, 5.74) is 4.57. The highest BCUT2D eigenvalue weighted by Crippen LogP contribution is 2.40. The van der Waals surface area contributed by atoms with E-state index in [0.29, 0.717) is 11.6 Å². The van der Waals surface area contributed by atoms with Gasteiger partial charge in [0, 0.05) is 24.1 Å². The highest BCUT2D eigenvalue weighted by Gasteiger charge is 2.40. The highest BCUT2D eigenvalue weighted by atomic mass is 19.4. The second-order valence-corrected chi connectivity index (χ2v) is 10.9. The highest BCUT2D eigenvalue weighted by molar-refractivity contribution is 6.06. The molecule has 0 bridgehead atoms. The van der Waals surface area contributed by atoms with Gasteiger partial charge in [-0.15, -0.1) is 0 Å². The Hall–Kier alpha value is -3.66. The monoisotopic (exact) mass is 538 g/mol. The van der Waals surface area contributed by atoms with Crippen LogP contribution in [0.2, 0.25) is 0 Å². The van der Waals surface area contributed by atoms with Gasteiger partial charge in [0.25, 0.3) is 0 Å². The smallest absolute Gasteiger partial charge is 0.365 e. The second kappa shape index (κ2) is 10.1. The molecule has 1 saturated heterocycles. The number of hydrogen-bond acceptors (Lipinski definition) is 6. The molecular formula is C29H33F3N6O. The van der Waals surface area contributed by atoms with E-state index >= 15 is 0 Å². The minimum atomic E-state index is -4.64. The zero-order chi connectivity index (χ0) is 27.9. The van der Waals surface area contributed by atoms with Gasteiger partial charge in [-0.25, -0.2) is 4.98 Å². The number of halogens is 3. The lowest BCUT2D eigenvalue weighted by molar-refractivity contribution is -0.137. The lowest BCUT2D eigenvalue weighted by Gasteiger charge is -2.25. The number of carbonyl (C=O) groups is 1. The Labute approximate surface area is 226 Å². The van der Waals surface area contributed by atoms with Gasteiger partial charge in [-0.05, 0) is 99.5 Å². The van der Waals surface area contributed by atoms with Crippen LogP contribution in [0.5, 0.6) is 0 Å². The normalized spacial score (nSPS) is 17.1. The van der Waals surface area contributed by atoms with Gasteiger partial charge in [0.05, 0.1) is 5.41 Å². The fourth-order valence-corrected chi connectivity index (χ4v) is 5.61. The van der Waals surface area contributed by atoms with E-state index in [1.807, 2.05) is 13.0 Å². The zero-order valence-corrected chi connectivity index (χ0v) is 22.5. The molecule has 206 valence electrons. The molecule has 4 N–H and O–H groups in total. The predicted octanol–water partition coefficient (Wildman–Crippen LogP) is 6.16. The lowest BCUT2D eigenvalue weighted by atomic mass is 9.83. The number of anilines is 4. The first-order chi connectivity index (χ1) is 18.4. The van der Waals surface area contributed by atoms with Gasteiger partial charge in [0.15, 0.2) is 0 Å². The van der Waals surface area contributed by atoms with Crippen LogP contribution in [0.25, 0.3) is 0 Å². The van der Waals surface area contributed by atoms with Crippen LogP contribution in [-0.2, 0) is 22.9 Å². The maximum Gasteiger partial charge on any atom is 0.421 e. The molecule has 0 atom stereocenters. The third-order valence-corrected chi connectivity index (χ3v) is 7.77. The number of hydrogen-bond donors (Lipinski definition) is 4. The number of nitrogens with zero attached hydrogens (tertiary/aromatic N) is 2. The number of amides is 1. The molecule has 7 nitrogen and oxygen atoms in total. The van der Waals surface area contributed by atoms with Crippen LogP contribution in [0, 0.1) is 13.8 Å². The van der Waals surface area contributed by atoms with E-state index in [-0.39, 0.29) is 24.2 Å². The van der Waals surface area contributed by atoms with Gasteiger partial charge in [-0.2, -0.15) is 18.2 Å². The Morgan fingerprint density at radius 1 is 1.10 bits per heavy atom. The van der Waals surface area contributed by atoms with Crippen molar-refractivity contribution in [3.8, 4) is 0 Å². The van der Waals surface area contributed by atoms with Crippen LogP contribution in [0.4, 0.5) is 36.3 Å². The van der Waals surface area contributed by atoms with Crippen LogP contribution in [0.3, 0.4) is 0 Å². The first-order valence-electron chi connectivity index (χ1n) is 13.2. The fourth-order valence-electron chi connectivity index (χ4n) is 5.61. The number of rotatable bonds is 6. The standard InChI is InChI=1S/C29H33F3N6O/c1-16-13-23(17(2)12-20(16)18-8-10-33-11-9-18)37-27-35-15-21(29(30,31)32)25(38-27)34-14-19-6-5-7-22-24(19)28(3,4)26(39)36-22/h5-7,12-13,15,18,33H,8-11,14H2,1-4H3,(H,36,39)(H2,34,35,37,38). The van der Waals surface area contributed by atoms with E-state index in [9.17, 15) is 18.0 Å². The molecule has 0 aliphatic carbocycles. The van der Waals surface area contributed by atoms with E-state index in [4.69, 9.17) is 0 Å². The molecule has 1 fully saturated rings. The van der Waals surface area contributed by atoms with E-state index in [1.54, 1.807) is 32.0 Å². The average Bonchev–Trinajstić information content (AvgIpc) is 3.13. The van der Waals surface area contributed by atoms with Crippen molar-refractivity contribution in [2.45, 2.75) is 64.6 Å². The third kappa shape index (κ3) is 5.30. The molecule has 3 aromatic rings. The Bertz CT molecular complexity index is 1410. The second-order valence-electron chi connectivity index (χ2n) is 10.9. The van der Waals surface area contributed by atoms with Crippen LogP contribution >= 0.6 is 0 Å². The number of fused-ring (bicyclic) bond motifs is 1. The van der Waals surface area contributed by atoms with E-state index in [0.717, 1.165) is 60.1 Å². The Kier molecular flexibility index (Phi) is 7.00. The van der Waals surface area contributed by atoms with Gasteiger partial charge in [-0.3, -0.25) is 4.79 Å². The van der Waals surface area contributed by atoms with E-state index in [1.165, 1.54) is 5.56 Å². The Balaban J connectivity index is 1.42. The summed E-state index contributed by atoms with van der Waals surface area (Å²) >= 11 is 0. The summed E-state index contributed by atoms with van der Waals surface area (Å²) in [5, 5.41) is 12.2. The maximum atomic E-state index is 13.9. The SMILES string of the molecule is Cc1cc(C2CCNCC2)c(C)cc1Nc1ncc(C(F)(F)F)c(NCc2cccc3c2C(C)(C)C(=O)N3)n1. The largest absolute Gasteiger partial charge is 0.421 e. The van der Waals surface area contributed by atoms with Gasteiger partial charge in [0.2, 0.25) is 11.9 Å². The van der Waals surface area contributed by atoms with Crippen LogP contribution < -0.4 is 21.3 Å². The average molecular weight is 539 g/mol. The molecule has 1 aromatic heterocycles. The summed E-state index contributed by atoms with van der Waals surface area (Å²) in [6, 6.07) is 9.54. The van der Waals surface area contributed by atoms with Crippen LogP contribution in [-0.4, -0.2) is 29.0 Å². The fraction of sp³-hybridized carbons (Fsp3) is 0.414. The first kappa shape index (κ1) is 26.9. The van der Waals surface area contributed by atoms with Gasteiger partial charge in [-0.1, -0.05) is 18.2 Å². The third-order valence-electron chi connectivity index (χ3n) is 7.77. The van der Waals surface area contributed by atoms with E-state index < -0.39 is 17.2 Å². The summed E-state index contributed by atoms with van der Waals surface area (Å²) in [5.74, 6) is 0.0878. The van der Waals surface area contributed by atoms with Crippen LogP contribution in [0.15, 0.2) is 36.5 Å². The van der Waals surface area contributed by atoms with Crippen LogP contribution in [0.1, 0.15) is 66.0 Å². The number of piperidine rings is 1. The summed E-state index contributed by atoms with van der Waals surface area (Å²) in [4.78, 5) is 20.7. The predicted molar refractivity (Wildman–Crippen MR) is 147 cm³/mol. The molecule has 39 heavy (non-hydrogen) atoms. The summed E-state index contributed by atoms with van der Waals surface area (Å²) in [6.07, 6.45) is -1.68. The Morgan fingerprint density at radius 2 is 1.85 bits per heavy atom. The van der Waals surface area contributed by atoms with Gasteiger partial charge >= 0.3 is 6.18 Å². The van der Waals surface area contributed by atoms with Crippen molar-refractivity contribution in [1.29, 1.82) is 0 Å². The van der Waals surface area contributed by atoms with Crippen molar-refractivity contribution in [3.63, 3.8) is 0 Å². The Morgan fingerprint density at radius 3 is 2.56 bits per heavy atom. The number of aryl methyl sites for hydroxylation is 2. The number of benzene rings is 2. The zero-order valence-electron chi connectivity index (χ0n) is 22.5. The minimum Gasteiger partial charge on any atom is -0.365 e. The van der Waals surface area contributed by atoms with Crippen molar-refractivity contribution < 1.29 is 18.0 Å². The van der Waals surface area contributed by atoms with Crippen molar-refractivity contribution in [3.05, 3.63) is 69.9 Å². The van der Waals surface area contributed by atoms with Crippen molar-refractivity contribution in [1.82, 2.24) is 15.3 Å². The molecule has 0 unspecified atom stereocenters. The molecule has 3 heterocycles. The minimum absolute atomic E-state index is 0.0597. The molecular weight excluding hydrogens is 505 g/mol. The van der Waals surface area contributed by atoms with Crippen molar-refractivity contribution in [2.75, 3.05) is 29.0 Å². The quantitative estimate of drug-likeness (QED) is 0.300. The maximum absolute atomic E-state index is 13.9. The molecule has 0 radical (unpaired) electrons. The summed E-state index contributed by atoms with van der Waals surface area (Å²) in [6.45, 7) is 9.68. The number of carbonyl (C=O) groups excluding carboxylic acids is 1. The molecule has 2 aromatic carbocycles. The van der Waals surface area contributed by atoms with Gasteiger partial charge in [0.1, 0.15) is 11.4 Å².